The van der Waals surface area contributed by atoms with Gasteiger partial charge in [0.05, 0.1) is 11.2 Å². The highest BCUT2D eigenvalue weighted by atomic mass is 32.2. The van der Waals surface area contributed by atoms with Gasteiger partial charge in [0.2, 0.25) is 0 Å². The lowest BCUT2D eigenvalue weighted by Gasteiger charge is -2.20. The van der Waals surface area contributed by atoms with Crippen molar-refractivity contribution in [3.8, 4) is 17.0 Å². The number of aromatic nitrogens is 2. The Morgan fingerprint density at radius 2 is 2.00 bits per heavy atom. The minimum absolute atomic E-state index is 0.143. The van der Waals surface area contributed by atoms with Crippen LogP contribution >= 0.6 is 11.8 Å². The van der Waals surface area contributed by atoms with Crippen LogP contribution in [-0.4, -0.2) is 20.6 Å². The van der Waals surface area contributed by atoms with E-state index in [1.165, 1.54) is 4.90 Å². The molecular formula is C16H22N2OS. The highest BCUT2D eigenvalue weighted by molar-refractivity contribution is 7.99. The molecule has 1 aromatic carbocycles. The molecule has 0 atom stereocenters. The first kappa shape index (κ1) is 15.0. The fourth-order valence-corrected chi connectivity index (χ4v) is 2.96. The van der Waals surface area contributed by atoms with Crippen molar-refractivity contribution in [1.29, 1.82) is 0 Å². The summed E-state index contributed by atoms with van der Waals surface area (Å²) >= 11 is 1.79. The molecule has 0 unspecified atom stereocenters. The van der Waals surface area contributed by atoms with E-state index >= 15 is 0 Å². The molecule has 108 valence electrons. The molecule has 0 aliphatic heterocycles. The molecule has 3 nitrogen and oxygen atoms in total. The van der Waals surface area contributed by atoms with Crippen LogP contribution in [0.1, 0.15) is 33.4 Å². The molecule has 4 heteroatoms. The second kappa shape index (κ2) is 5.52. The SMILES string of the molecule is CCSc1cccc(-c2nn(C(C)(C)C)c(C)c2O)c1. The van der Waals surface area contributed by atoms with Gasteiger partial charge in [-0.05, 0) is 45.6 Å². The highest BCUT2D eigenvalue weighted by Crippen LogP contribution is 2.35. The fraction of sp³-hybridized carbons (Fsp3) is 0.438. The number of hydrogen-bond acceptors (Lipinski definition) is 3. The molecule has 1 heterocycles. The van der Waals surface area contributed by atoms with Crippen molar-refractivity contribution < 1.29 is 5.11 Å². The van der Waals surface area contributed by atoms with Gasteiger partial charge >= 0.3 is 0 Å². The van der Waals surface area contributed by atoms with Gasteiger partial charge in [-0.2, -0.15) is 5.10 Å². The van der Waals surface area contributed by atoms with Gasteiger partial charge in [0, 0.05) is 10.5 Å². The van der Waals surface area contributed by atoms with Crippen LogP contribution in [0.25, 0.3) is 11.3 Å². The molecule has 0 aliphatic carbocycles. The van der Waals surface area contributed by atoms with Crippen LogP contribution < -0.4 is 0 Å². The van der Waals surface area contributed by atoms with Gasteiger partial charge in [-0.25, -0.2) is 0 Å². The molecule has 2 rings (SSSR count). The van der Waals surface area contributed by atoms with Crippen molar-refractivity contribution in [2.45, 2.75) is 45.1 Å². The monoisotopic (exact) mass is 290 g/mol. The minimum atomic E-state index is -0.143. The average Bonchev–Trinajstić information content (AvgIpc) is 2.67. The van der Waals surface area contributed by atoms with Crippen LogP contribution in [0.3, 0.4) is 0 Å². The fourth-order valence-electron chi connectivity index (χ4n) is 2.24. The smallest absolute Gasteiger partial charge is 0.164 e. The van der Waals surface area contributed by atoms with Crippen LogP contribution in [0.15, 0.2) is 29.2 Å². The molecule has 1 N–H and O–H groups in total. The molecule has 0 fully saturated rings. The molecule has 0 spiro atoms. The Morgan fingerprint density at radius 1 is 1.30 bits per heavy atom. The van der Waals surface area contributed by atoms with Crippen molar-refractivity contribution in [2.24, 2.45) is 0 Å². The Balaban J connectivity index is 2.51. The van der Waals surface area contributed by atoms with Gasteiger partial charge in [0.25, 0.3) is 0 Å². The zero-order valence-corrected chi connectivity index (χ0v) is 13.6. The van der Waals surface area contributed by atoms with Crippen LogP contribution in [0.4, 0.5) is 0 Å². The minimum Gasteiger partial charge on any atom is -0.504 e. The Hall–Kier alpha value is -1.42. The largest absolute Gasteiger partial charge is 0.504 e. The predicted octanol–water partition coefficient (Wildman–Crippen LogP) is 4.43. The van der Waals surface area contributed by atoms with Gasteiger partial charge in [-0.1, -0.05) is 19.1 Å². The summed E-state index contributed by atoms with van der Waals surface area (Å²) in [6.45, 7) is 10.3. The van der Waals surface area contributed by atoms with E-state index in [2.05, 4.69) is 44.9 Å². The van der Waals surface area contributed by atoms with Crippen molar-refractivity contribution in [2.75, 3.05) is 5.75 Å². The molecule has 0 radical (unpaired) electrons. The first-order chi connectivity index (χ1) is 9.34. The molecule has 0 saturated carbocycles. The maximum atomic E-state index is 10.4. The molecule has 20 heavy (non-hydrogen) atoms. The third kappa shape index (κ3) is 2.85. The summed E-state index contributed by atoms with van der Waals surface area (Å²) in [4.78, 5) is 1.20. The van der Waals surface area contributed by atoms with E-state index in [1.807, 2.05) is 23.7 Å². The molecule has 0 amide bonds. The van der Waals surface area contributed by atoms with Crippen molar-refractivity contribution >= 4 is 11.8 Å². The van der Waals surface area contributed by atoms with E-state index in [0.717, 1.165) is 17.0 Å². The Bertz CT molecular complexity index is 611. The van der Waals surface area contributed by atoms with E-state index in [4.69, 9.17) is 0 Å². The zero-order chi connectivity index (χ0) is 14.9. The second-order valence-electron chi connectivity index (χ2n) is 5.83. The van der Waals surface area contributed by atoms with Crippen molar-refractivity contribution in [3.05, 3.63) is 30.0 Å². The van der Waals surface area contributed by atoms with Crippen molar-refractivity contribution in [3.63, 3.8) is 0 Å². The number of benzene rings is 1. The van der Waals surface area contributed by atoms with Gasteiger partial charge < -0.3 is 5.11 Å². The van der Waals surface area contributed by atoms with E-state index in [9.17, 15) is 5.11 Å². The van der Waals surface area contributed by atoms with Gasteiger partial charge in [-0.3, -0.25) is 4.68 Å². The van der Waals surface area contributed by atoms with Crippen LogP contribution in [0, 0.1) is 6.92 Å². The second-order valence-corrected chi connectivity index (χ2v) is 7.16. The van der Waals surface area contributed by atoms with Crippen LogP contribution in [-0.2, 0) is 5.54 Å². The van der Waals surface area contributed by atoms with Crippen LogP contribution in [0.2, 0.25) is 0 Å². The first-order valence-corrected chi connectivity index (χ1v) is 7.85. The van der Waals surface area contributed by atoms with E-state index in [0.29, 0.717) is 5.69 Å². The predicted molar refractivity (Wildman–Crippen MR) is 85.5 cm³/mol. The average molecular weight is 290 g/mol. The van der Waals surface area contributed by atoms with Gasteiger partial charge in [0.1, 0.15) is 5.69 Å². The molecule has 1 aromatic heterocycles. The van der Waals surface area contributed by atoms with Crippen LogP contribution in [0.5, 0.6) is 5.75 Å². The molecule has 0 saturated heterocycles. The lowest BCUT2D eigenvalue weighted by molar-refractivity contribution is 0.345. The Labute approximate surface area is 125 Å². The molecular weight excluding hydrogens is 268 g/mol. The summed E-state index contributed by atoms with van der Waals surface area (Å²) in [6, 6.07) is 8.18. The topological polar surface area (TPSA) is 38.0 Å². The van der Waals surface area contributed by atoms with Gasteiger partial charge in [-0.15, -0.1) is 11.8 Å². The maximum absolute atomic E-state index is 10.4. The number of nitrogens with zero attached hydrogens (tertiary/aromatic N) is 2. The Morgan fingerprint density at radius 3 is 2.55 bits per heavy atom. The number of aromatic hydroxyl groups is 1. The van der Waals surface area contributed by atoms with E-state index < -0.39 is 0 Å². The molecule has 2 aromatic rings. The third-order valence-electron chi connectivity index (χ3n) is 3.14. The van der Waals surface area contributed by atoms with E-state index in [-0.39, 0.29) is 11.3 Å². The molecule has 0 bridgehead atoms. The summed E-state index contributed by atoms with van der Waals surface area (Å²) in [5.41, 5.74) is 2.29. The summed E-state index contributed by atoms with van der Waals surface area (Å²) in [5, 5.41) is 15.0. The lowest BCUT2D eigenvalue weighted by atomic mass is 10.1. The summed E-state index contributed by atoms with van der Waals surface area (Å²) in [6.07, 6.45) is 0. The molecule has 0 aliphatic rings. The summed E-state index contributed by atoms with van der Waals surface area (Å²) < 4.78 is 1.89. The lowest BCUT2D eigenvalue weighted by Crippen LogP contribution is -2.24. The quantitative estimate of drug-likeness (QED) is 0.850. The standard InChI is InChI=1S/C16H22N2OS/c1-6-20-13-9-7-8-12(10-13)14-15(19)11(2)18(17-14)16(3,4)5/h7-10,19H,6H2,1-5H3. The number of hydrogen-bond donors (Lipinski definition) is 1. The highest BCUT2D eigenvalue weighted by Gasteiger charge is 2.23. The number of rotatable bonds is 3. The van der Waals surface area contributed by atoms with Crippen molar-refractivity contribution in [1.82, 2.24) is 9.78 Å². The maximum Gasteiger partial charge on any atom is 0.164 e. The first-order valence-electron chi connectivity index (χ1n) is 6.87. The summed E-state index contributed by atoms with van der Waals surface area (Å²) in [7, 11) is 0. The Kier molecular flexibility index (Phi) is 4.14. The third-order valence-corrected chi connectivity index (χ3v) is 4.01. The zero-order valence-electron chi connectivity index (χ0n) is 12.8. The number of thioether (sulfide) groups is 1. The van der Waals surface area contributed by atoms with E-state index in [1.54, 1.807) is 11.8 Å². The van der Waals surface area contributed by atoms with Gasteiger partial charge in [0.15, 0.2) is 5.75 Å². The summed E-state index contributed by atoms with van der Waals surface area (Å²) in [5.74, 6) is 1.31. The normalized spacial score (nSPS) is 11.8.